The van der Waals surface area contributed by atoms with Crippen LogP contribution in [0.2, 0.25) is 0 Å². The number of nitrogens with zero attached hydrogens (tertiary/aromatic N) is 1. The lowest BCUT2D eigenvalue weighted by Gasteiger charge is -2.36. The Balaban J connectivity index is 2.05. The van der Waals surface area contributed by atoms with Gasteiger partial charge in [-0.05, 0) is 32.8 Å². The van der Waals surface area contributed by atoms with Crippen LogP contribution >= 0.6 is 0 Å². The zero-order chi connectivity index (χ0) is 17.7. The predicted molar refractivity (Wildman–Crippen MR) is 88.8 cm³/mol. The number of aliphatic carboxylic acids is 1. The standard InChI is InChI=1S/C18H25NO5/c1-18(2,3)24-17(22)19-9-10-23-15(12-19)14(16(20)21)11-13-7-5-4-6-8-13/h4-8,14-15H,9-12H2,1-3H3,(H,20,21). The van der Waals surface area contributed by atoms with Gasteiger partial charge in [-0.3, -0.25) is 4.79 Å². The van der Waals surface area contributed by atoms with Crippen molar-refractivity contribution in [2.45, 2.75) is 38.9 Å². The third-order valence-corrected chi connectivity index (χ3v) is 3.81. The lowest BCUT2D eigenvalue weighted by Crippen LogP contribution is -2.51. The molecule has 1 fully saturated rings. The van der Waals surface area contributed by atoms with Gasteiger partial charge in [0.25, 0.3) is 0 Å². The number of ether oxygens (including phenoxy) is 2. The summed E-state index contributed by atoms with van der Waals surface area (Å²) in [7, 11) is 0. The summed E-state index contributed by atoms with van der Waals surface area (Å²) in [6, 6.07) is 9.43. The lowest BCUT2D eigenvalue weighted by molar-refractivity contribution is -0.150. The Morgan fingerprint density at radius 3 is 2.58 bits per heavy atom. The van der Waals surface area contributed by atoms with Gasteiger partial charge in [0.15, 0.2) is 0 Å². The molecule has 0 aromatic heterocycles. The Kier molecular flexibility index (Phi) is 5.83. The van der Waals surface area contributed by atoms with Gasteiger partial charge in [0.2, 0.25) is 0 Å². The molecule has 1 saturated heterocycles. The minimum atomic E-state index is -0.921. The van der Waals surface area contributed by atoms with Gasteiger partial charge in [-0.15, -0.1) is 0 Å². The number of rotatable bonds is 4. The van der Waals surface area contributed by atoms with Crippen LogP contribution in [0, 0.1) is 5.92 Å². The number of amides is 1. The van der Waals surface area contributed by atoms with Crippen LogP contribution in [0.3, 0.4) is 0 Å². The van der Waals surface area contributed by atoms with E-state index in [0.717, 1.165) is 5.56 Å². The zero-order valence-corrected chi connectivity index (χ0v) is 14.4. The Bertz CT molecular complexity index is 567. The molecular weight excluding hydrogens is 310 g/mol. The van der Waals surface area contributed by atoms with Crippen molar-refractivity contribution in [2.75, 3.05) is 19.7 Å². The van der Waals surface area contributed by atoms with Crippen LogP contribution in [0.1, 0.15) is 26.3 Å². The molecule has 2 unspecified atom stereocenters. The van der Waals surface area contributed by atoms with E-state index in [9.17, 15) is 14.7 Å². The molecule has 6 heteroatoms. The van der Waals surface area contributed by atoms with Crippen LogP contribution in [0.15, 0.2) is 30.3 Å². The predicted octanol–water partition coefficient (Wildman–Crippen LogP) is 2.57. The molecule has 1 aliphatic heterocycles. The number of carboxylic acids is 1. The molecular formula is C18H25NO5. The van der Waals surface area contributed by atoms with Crippen molar-refractivity contribution < 1.29 is 24.2 Å². The number of morpholine rings is 1. The molecule has 0 aliphatic carbocycles. The molecule has 1 aliphatic rings. The molecule has 0 saturated carbocycles. The molecule has 1 amide bonds. The molecule has 1 N–H and O–H groups in total. The maximum Gasteiger partial charge on any atom is 0.410 e. The van der Waals surface area contributed by atoms with Crippen molar-refractivity contribution in [3.63, 3.8) is 0 Å². The van der Waals surface area contributed by atoms with E-state index in [1.165, 1.54) is 4.90 Å². The fraction of sp³-hybridized carbons (Fsp3) is 0.556. The minimum absolute atomic E-state index is 0.221. The molecule has 24 heavy (non-hydrogen) atoms. The van der Waals surface area contributed by atoms with Crippen molar-refractivity contribution in [1.82, 2.24) is 4.90 Å². The van der Waals surface area contributed by atoms with E-state index >= 15 is 0 Å². The normalized spacial score (nSPS) is 19.6. The highest BCUT2D eigenvalue weighted by atomic mass is 16.6. The zero-order valence-electron chi connectivity index (χ0n) is 14.4. The highest BCUT2D eigenvalue weighted by Gasteiger charge is 2.36. The smallest absolute Gasteiger partial charge is 0.410 e. The molecule has 0 spiro atoms. The first-order valence-electron chi connectivity index (χ1n) is 8.12. The summed E-state index contributed by atoms with van der Waals surface area (Å²) in [6.45, 7) is 6.35. The largest absolute Gasteiger partial charge is 0.481 e. The molecule has 1 aromatic rings. The quantitative estimate of drug-likeness (QED) is 0.915. The van der Waals surface area contributed by atoms with Crippen molar-refractivity contribution in [2.24, 2.45) is 5.92 Å². The second-order valence-electron chi connectivity index (χ2n) is 6.97. The first kappa shape index (κ1) is 18.3. The molecule has 1 aromatic carbocycles. The maximum atomic E-state index is 12.2. The monoisotopic (exact) mass is 335 g/mol. The first-order valence-corrected chi connectivity index (χ1v) is 8.12. The van der Waals surface area contributed by atoms with Crippen molar-refractivity contribution in [3.8, 4) is 0 Å². The van der Waals surface area contributed by atoms with Gasteiger partial charge >= 0.3 is 12.1 Å². The van der Waals surface area contributed by atoms with Gasteiger partial charge in [0, 0.05) is 6.54 Å². The molecule has 6 nitrogen and oxygen atoms in total. The van der Waals surface area contributed by atoms with Crippen LogP contribution < -0.4 is 0 Å². The third kappa shape index (κ3) is 5.23. The maximum absolute atomic E-state index is 12.2. The first-order chi connectivity index (χ1) is 11.3. The summed E-state index contributed by atoms with van der Waals surface area (Å²) in [5.74, 6) is -1.63. The van der Waals surface area contributed by atoms with Crippen LogP contribution in [-0.2, 0) is 20.7 Å². The Morgan fingerprint density at radius 1 is 1.33 bits per heavy atom. The van der Waals surface area contributed by atoms with Crippen LogP contribution in [0.5, 0.6) is 0 Å². The van der Waals surface area contributed by atoms with Crippen LogP contribution in [-0.4, -0.2) is 53.5 Å². The fourth-order valence-corrected chi connectivity index (χ4v) is 2.66. The van der Waals surface area contributed by atoms with E-state index in [1.807, 2.05) is 30.3 Å². The van der Waals surface area contributed by atoms with Gasteiger partial charge in [-0.1, -0.05) is 30.3 Å². The van der Waals surface area contributed by atoms with E-state index in [0.29, 0.717) is 19.6 Å². The summed E-state index contributed by atoms with van der Waals surface area (Å²) in [5.41, 5.74) is 0.351. The van der Waals surface area contributed by atoms with E-state index in [-0.39, 0.29) is 6.54 Å². The second kappa shape index (κ2) is 7.66. The number of hydrogen-bond donors (Lipinski definition) is 1. The van der Waals surface area contributed by atoms with Crippen LogP contribution in [0.25, 0.3) is 0 Å². The lowest BCUT2D eigenvalue weighted by atomic mass is 9.93. The SMILES string of the molecule is CC(C)(C)OC(=O)N1CCOC(C(Cc2ccccc2)C(=O)O)C1. The van der Waals surface area contributed by atoms with Crippen LogP contribution in [0.4, 0.5) is 4.79 Å². The summed E-state index contributed by atoms with van der Waals surface area (Å²) in [6.07, 6.45) is -0.619. The molecule has 132 valence electrons. The fourth-order valence-electron chi connectivity index (χ4n) is 2.66. The number of carboxylic acid groups (broad SMARTS) is 1. The average molecular weight is 335 g/mol. The van der Waals surface area contributed by atoms with Gasteiger partial charge in [-0.25, -0.2) is 4.79 Å². The van der Waals surface area contributed by atoms with E-state index in [4.69, 9.17) is 9.47 Å². The molecule has 1 heterocycles. The summed E-state index contributed by atoms with van der Waals surface area (Å²) >= 11 is 0. The van der Waals surface area contributed by atoms with Crippen molar-refractivity contribution in [1.29, 1.82) is 0 Å². The molecule has 2 atom stereocenters. The average Bonchev–Trinajstić information content (AvgIpc) is 2.52. The van der Waals surface area contributed by atoms with Crippen molar-refractivity contribution >= 4 is 12.1 Å². The van der Waals surface area contributed by atoms with E-state index < -0.39 is 29.7 Å². The molecule has 2 rings (SSSR count). The van der Waals surface area contributed by atoms with Gasteiger partial charge in [0.05, 0.1) is 25.2 Å². The van der Waals surface area contributed by atoms with E-state index in [2.05, 4.69) is 0 Å². The third-order valence-electron chi connectivity index (χ3n) is 3.81. The summed E-state index contributed by atoms with van der Waals surface area (Å²) in [4.78, 5) is 25.4. The van der Waals surface area contributed by atoms with Gasteiger partial charge in [-0.2, -0.15) is 0 Å². The minimum Gasteiger partial charge on any atom is -0.481 e. The van der Waals surface area contributed by atoms with Gasteiger partial charge < -0.3 is 19.5 Å². The Morgan fingerprint density at radius 2 is 2.00 bits per heavy atom. The highest BCUT2D eigenvalue weighted by molar-refractivity contribution is 5.72. The number of carbonyl (C=O) groups excluding carboxylic acids is 1. The Hall–Kier alpha value is -2.08. The topological polar surface area (TPSA) is 76.1 Å². The van der Waals surface area contributed by atoms with Crippen molar-refractivity contribution in [3.05, 3.63) is 35.9 Å². The number of hydrogen-bond acceptors (Lipinski definition) is 4. The second-order valence-corrected chi connectivity index (χ2v) is 6.97. The molecule has 0 radical (unpaired) electrons. The van der Waals surface area contributed by atoms with E-state index in [1.54, 1.807) is 20.8 Å². The van der Waals surface area contributed by atoms with Gasteiger partial charge in [0.1, 0.15) is 5.60 Å². The number of benzene rings is 1. The Labute approximate surface area is 142 Å². The number of carbonyl (C=O) groups is 2. The summed E-state index contributed by atoms with van der Waals surface area (Å²) < 4.78 is 11.0. The summed E-state index contributed by atoms with van der Waals surface area (Å²) in [5, 5.41) is 9.58. The highest BCUT2D eigenvalue weighted by Crippen LogP contribution is 2.21. The molecule has 0 bridgehead atoms.